The number of hydrogen-bond donors (Lipinski definition) is 2. The maximum absolute atomic E-state index is 12.2. The summed E-state index contributed by atoms with van der Waals surface area (Å²) in [6.45, 7) is 1.81. The molecular weight excluding hydrogens is 320 g/mol. The summed E-state index contributed by atoms with van der Waals surface area (Å²) in [5, 5.41) is 14.7. The smallest absolute Gasteiger partial charge is 0.224 e. The lowest BCUT2D eigenvalue weighted by Gasteiger charge is -2.38. The largest absolute Gasteiger partial charge is 0.508 e. The Hall–Kier alpha value is -1.85. The summed E-state index contributed by atoms with van der Waals surface area (Å²) in [5.41, 5.74) is 0.836. The molecule has 0 saturated carbocycles. The van der Waals surface area contributed by atoms with Gasteiger partial charge in [-0.15, -0.1) is 11.3 Å². The molecule has 5 heteroatoms. The van der Waals surface area contributed by atoms with Gasteiger partial charge in [0.2, 0.25) is 5.91 Å². The third kappa shape index (κ3) is 4.16. The van der Waals surface area contributed by atoms with Crippen molar-refractivity contribution in [3.8, 4) is 5.75 Å². The fraction of sp³-hybridized carbons (Fsp3) is 0.421. The second-order valence-electron chi connectivity index (χ2n) is 6.49. The number of nitrogens with zero attached hydrogens (tertiary/aromatic N) is 1. The summed E-state index contributed by atoms with van der Waals surface area (Å²) < 4.78 is 0. The highest BCUT2D eigenvalue weighted by Crippen LogP contribution is 2.36. The van der Waals surface area contributed by atoms with Crippen molar-refractivity contribution in [3.63, 3.8) is 0 Å². The summed E-state index contributed by atoms with van der Waals surface area (Å²) in [4.78, 5) is 16.0. The van der Waals surface area contributed by atoms with Gasteiger partial charge in [0.15, 0.2) is 0 Å². The molecule has 2 N–H and O–H groups in total. The molecule has 0 spiro atoms. The zero-order chi connectivity index (χ0) is 16.9. The highest BCUT2D eigenvalue weighted by Gasteiger charge is 2.31. The molecule has 128 valence electrons. The normalized spacial score (nSPS) is 21.5. The van der Waals surface area contributed by atoms with Crippen LogP contribution in [0, 0.1) is 5.92 Å². The molecule has 1 aromatic carbocycles. The van der Waals surface area contributed by atoms with Gasteiger partial charge < -0.3 is 10.4 Å². The molecule has 0 aliphatic carbocycles. The Morgan fingerprint density at radius 1 is 1.38 bits per heavy atom. The van der Waals surface area contributed by atoms with Crippen LogP contribution in [0.5, 0.6) is 5.75 Å². The fourth-order valence-corrected chi connectivity index (χ4v) is 4.52. The number of hydrogen-bond acceptors (Lipinski definition) is 4. The minimum Gasteiger partial charge on any atom is -0.508 e. The topological polar surface area (TPSA) is 52.6 Å². The zero-order valence-electron chi connectivity index (χ0n) is 13.9. The molecule has 3 rings (SSSR count). The Kier molecular flexibility index (Phi) is 5.53. The fourth-order valence-electron chi connectivity index (χ4n) is 3.54. The maximum Gasteiger partial charge on any atom is 0.224 e. The van der Waals surface area contributed by atoms with Crippen LogP contribution in [0.2, 0.25) is 0 Å². The second-order valence-corrected chi connectivity index (χ2v) is 7.47. The first-order valence-electron chi connectivity index (χ1n) is 8.42. The van der Waals surface area contributed by atoms with Crippen molar-refractivity contribution in [1.82, 2.24) is 10.2 Å². The van der Waals surface area contributed by atoms with E-state index in [1.807, 2.05) is 6.07 Å². The van der Waals surface area contributed by atoms with Crippen LogP contribution in [0.15, 0.2) is 41.8 Å². The van der Waals surface area contributed by atoms with Crippen LogP contribution in [-0.2, 0) is 11.2 Å². The number of benzene rings is 1. The van der Waals surface area contributed by atoms with Gasteiger partial charge in [0.05, 0.1) is 6.42 Å². The van der Waals surface area contributed by atoms with Crippen molar-refractivity contribution in [1.29, 1.82) is 0 Å². The van der Waals surface area contributed by atoms with E-state index in [9.17, 15) is 9.90 Å². The Labute approximate surface area is 147 Å². The first kappa shape index (κ1) is 17.0. The number of phenols is 1. The van der Waals surface area contributed by atoms with Gasteiger partial charge in [-0.3, -0.25) is 9.69 Å². The average Bonchev–Trinajstić information content (AvgIpc) is 3.07. The predicted octanol–water partition coefficient (Wildman–Crippen LogP) is 3.20. The molecular formula is C19H24N2O2S. The molecule has 2 atom stereocenters. The van der Waals surface area contributed by atoms with Gasteiger partial charge in [0.1, 0.15) is 5.75 Å². The maximum atomic E-state index is 12.2. The van der Waals surface area contributed by atoms with E-state index in [-0.39, 0.29) is 11.7 Å². The average molecular weight is 344 g/mol. The van der Waals surface area contributed by atoms with E-state index < -0.39 is 0 Å². The molecule has 1 fully saturated rings. The van der Waals surface area contributed by atoms with Crippen molar-refractivity contribution < 1.29 is 9.90 Å². The molecule has 2 heterocycles. The Morgan fingerprint density at radius 3 is 3.00 bits per heavy atom. The van der Waals surface area contributed by atoms with Crippen LogP contribution in [0.4, 0.5) is 0 Å². The van der Waals surface area contributed by atoms with E-state index in [1.54, 1.807) is 29.5 Å². The van der Waals surface area contributed by atoms with E-state index in [0.717, 1.165) is 18.5 Å². The first-order chi connectivity index (χ1) is 11.6. The van der Waals surface area contributed by atoms with Gasteiger partial charge in [-0.1, -0.05) is 18.2 Å². The predicted molar refractivity (Wildman–Crippen MR) is 97.2 cm³/mol. The molecule has 0 radical (unpaired) electrons. The molecule has 1 saturated heterocycles. The third-order valence-corrected chi connectivity index (χ3v) is 5.62. The SMILES string of the molecule is CN1CCC[C@H](CNC(=O)Cc2cccc(O)c2)[C@@H]1c1cccs1. The van der Waals surface area contributed by atoms with Gasteiger partial charge in [-0.2, -0.15) is 0 Å². The van der Waals surface area contributed by atoms with Crippen molar-refractivity contribution >= 4 is 17.2 Å². The minimum atomic E-state index is 0.0127. The van der Waals surface area contributed by atoms with Gasteiger partial charge in [-0.05, 0) is 61.5 Å². The molecule has 4 nitrogen and oxygen atoms in total. The third-order valence-electron chi connectivity index (χ3n) is 4.68. The van der Waals surface area contributed by atoms with Gasteiger partial charge in [0.25, 0.3) is 0 Å². The molecule has 1 aliphatic rings. The van der Waals surface area contributed by atoms with E-state index in [0.29, 0.717) is 24.9 Å². The standard InChI is InChI=1S/C19H24N2O2S/c1-21-9-3-6-15(19(21)17-8-4-10-24-17)13-20-18(23)12-14-5-2-7-16(22)11-14/h2,4-5,7-8,10-11,15,19,22H,3,6,9,12-13H2,1H3,(H,20,23)/t15-,19-/m1/s1. The van der Waals surface area contributed by atoms with Crippen LogP contribution in [-0.4, -0.2) is 36.1 Å². The van der Waals surface area contributed by atoms with Crippen LogP contribution >= 0.6 is 11.3 Å². The monoisotopic (exact) mass is 344 g/mol. The van der Waals surface area contributed by atoms with Crippen LogP contribution in [0.1, 0.15) is 29.3 Å². The molecule has 1 aliphatic heterocycles. The van der Waals surface area contributed by atoms with E-state index in [4.69, 9.17) is 0 Å². The van der Waals surface area contributed by atoms with Gasteiger partial charge >= 0.3 is 0 Å². The molecule has 24 heavy (non-hydrogen) atoms. The van der Waals surface area contributed by atoms with Crippen molar-refractivity contribution in [3.05, 3.63) is 52.2 Å². The zero-order valence-corrected chi connectivity index (χ0v) is 14.8. The number of nitrogens with one attached hydrogen (secondary N) is 1. The number of piperidine rings is 1. The van der Waals surface area contributed by atoms with E-state index in [1.165, 1.54) is 11.3 Å². The van der Waals surface area contributed by atoms with Gasteiger partial charge in [0, 0.05) is 17.5 Å². The number of carbonyl (C=O) groups excluding carboxylic acids is 1. The van der Waals surface area contributed by atoms with Crippen LogP contribution in [0.25, 0.3) is 0 Å². The number of likely N-dealkylation sites (tertiary alicyclic amines) is 1. The summed E-state index contributed by atoms with van der Waals surface area (Å²) >= 11 is 1.79. The molecule has 1 amide bonds. The lowest BCUT2D eigenvalue weighted by Crippen LogP contribution is -2.41. The summed E-state index contributed by atoms with van der Waals surface area (Å²) in [7, 11) is 2.17. The Balaban J connectivity index is 1.59. The lowest BCUT2D eigenvalue weighted by molar-refractivity contribution is -0.120. The molecule has 2 aromatic rings. The minimum absolute atomic E-state index is 0.0127. The highest BCUT2D eigenvalue weighted by molar-refractivity contribution is 7.10. The van der Waals surface area contributed by atoms with E-state index in [2.05, 4.69) is 34.8 Å². The molecule has 0 unspecified atom stereocenters. The molecule has 0 bridgehead atoms. The number of aromatic hydroxyl groups is 1. The number of phenolic OH excluding ortho intramolecular Hbond substituents is 1. The van der Waals surface area contributed by atoms with Crippen molar-refractivity contribution in [2.45, 2.75) is 25.3 Å². The molecule has 1 aromatic heterocycles. The number of thiophene rings is 1. The highest BCUT2D eigenvalue weighted by atomic mass is 32.1. The summed E-state index contributed by atoms with van der Waals surface area (Å²) in [6.07, 6.45) is 2.62. The Bertz CT molecular complexity index is 672. The van der Waals surface area contributed by atoms with E-state index >= 15 is 0 Å². The lowest BCUT2D eigenvalue weighted by atomic mass is 9.88. The summed E-state index contributed by atoms with van der Waals surface area (Å²) in [6, 6.07) is 11.6. The number of amides is 1. The van der Waals surface area contributed by atoms with Crippen LogP contribution in [0.3, 0.4) is 0 Å². The summed E-state index contributed by atoms with van der Waals surface area (Å²) in [5.74, 6) is 0.654. The van der Waals surface area contributed by atoms with Gasteiger partial charge in [-0.25, -0.2) is 0 Å². The Morgan fingerprint density at radius 2 is 2.25 bits per heavy atom. The van der Waals surface area contributed by atoms with Crippen LogP contribution < -0.4 is 5.32 Å². The number of rotatable bonds is 5. The second kappa shape index (κ2) is 7.81. The first-order valence-corrected chi connectivity index (χ1v) is 9.29. The van der Waals surface area contributed by atoms with Crippen molar-refractivity contribution in [2.24, 2.45) is 5.92 Å². The quantitative estimate of drug-likeness (QED) is 0.876. The number of carbonyl (C=O) groups is 1. The van der Waals surface area contributed by atoms with Crippen molar-refractivity contribution in [2.75, 3.05) is 20.1 Å².